The number of carboxylic acids is 1. The standard InChI is InChI=1S/C10H14F3NO4/c1-8(2)5-9(7(16)17,3-4-18-8)14-6(15)10(11,12)13/h3-5H2,1-2H3,(H,14,15)(H,16,17). The number of carboxylic acid groups (broad SMARTS) is 1. The lowest BCUT2D eigenvalue weighted by Gasteiger charge is -2.42. The topological polar surface area (TPSA) is 75.6 Å². The minimum absolute atomic E-state index is 0.0303. The molecule has 0 saturated carbocycles. The predicted octanol–water partition coefficient (Wildman–Crippen LogP) is 1.08. The van der Waals surface area contributed by atoms with Gasteiger partial charge in [-0.25, -0.2) is 4.79 Å². The SMILES string of the molecule is CC1(C)CC(NC(=O)C(F)(F)F)(C(=O)O)CCO1. The lowest BCUT2D eigenvalue weighted by molar-refractivity contribution is -0.183. The van der Waals surface area contributed by atoms with Crippen molar-refractivity contribution in [1.29, 1.82) is 0 Å². The van der Waals surface area contributed by atoms with Crippen LogP contribution in [-0.2, 0) is 14.3 Å². The molecule has 1 unspecified atom stereocenters. The molecule has 1 aliphatic rings. The Morgan fingerprint density at radius 2 is 1.89 bits per heavy atom. The number of hydrogen-bond acceptors (Lipinski definition) is 3. The van der Waals surface area contributed by atoms with Crippen LogP contribution >= 0.6 is 0 Å². The molecule has 0 aromatic rings. The molecule has 0 bridgehead atoms. The largest absolute Gasteiger partial charge is 0.480 e. The lowest BCUT2D eigenvalue weighted by atomic mass is 9.81. The first-order valence-corrected chi connectivity index (χ1v) is 5.25. The maximum absolute atomic E-state index is 12.2. The average molecular weight is 269 g/mol. The number of ether oxygens (including phenoxy) is 1. The van der Waals surface area contributed by atoms with Crippen LogP contribution in [0.5, 0.6) is 0 Å². The van der Waals surface area contributed by atoms with Gasteiger partial charge in [0, 0.05) is 12.8 Å². The van der Waals surface area contributed by atoms with Crippen LogP contribution in [0.15, 0.2) is 0 Å². The number of amides is 1. The normalized spacial score (nSPS) is 27.6. The molecule has 2 N–H and O–H groups in total. The van der Waals surface area contributed by atoms with E-state index < -0.39 is 29.2 Å². The number of carbonyl (C=O) groups is 2. The Labute approximate surface area is 101 Å². The summed E-state index contributed by atoms with van der Waals surface area (Å²) < 4.78 is 41.8. The summed E-state index contributed by atoms with van der Waals surface area (Å²) in [5, 5.41) is 10.7. The van der Waals surface area contributed by atoms with Gasteiger partial charge in [-0.3, -0.25) is 4.79 Å². The van der Waals surface area contributed by atoms with Crippen LogP contribution in [-0.4, -0.2) is 40.9 Å². The van der Waals surface area contributed by atoms with Crippen molar-refractivity contribution in [3.8, 4) is 0 Å². The summed E-state index contributed by atoms with van der Waals surface area (Å²) >= 11 is 0. The number of nitrogens with one attached hydrogen (secondary N) is 1. The highest BCUT2D eigenvalue weighted by Gasteiger charge is 2.51. The molecule has 18 heavy (non-hydrogen) atoms. The van der Waals surface area contributed by atoms with E-state index in [1.165, 1.54) is 0 Å². The van der Waals surface area contributed by atoms with Crippen LogP contribution in [0.3, 0.4) is 0 Å². The highest BCUT2D eigenvalue weighted by Crippen LogP contribution is 2.33. The van der Waals surface area contributed by atoms with E-state index in [1.807, 2.05) is 0 Å². The van der Waals surface area contributed by atoms with E-state index in [1.54, 1.807) is 19.2 Å². The zero-order valence-electron chi connectivity index (χ0n) is 9.93. The van der Waals surface area contributed by atoms with E-state index in [4.69, 9.17) is 9.84 Å². The number of carbonyl (C=O) groups excluding carboxylic acids is 1. The molecule has 5 nitrogen and oxygen atoms in total. The van der Waals surface area contributed by atoms with Crippen LogP contribution in [0.25, 0.3) is 0 Å². The molecule has 0 aromatic heterocycles. The van der Waals surface area contributed by atoms with Gasteiger partial charge < -0.3 is 15.2 Å². The first-order chi connectivity index (χ1) is 7.99. The lowest BCUT2D eigenvalue weighted by Crippen LogP contribution is -2.63. The predicted molar refractivity (Wildman–Crippen MR) is 53.8 cm³/mol. The highest BCUT2D eigenvalue weighted by molar-refractivity contribution is 5.89. The second kappa shape index (κ2) is 4.42. The molecular weight excluding hydrogens is 255 g/mol. The Kier molecular flexibility index (Phi) is 3.62. The summed E-state index contributed by atoms with van der Waals surface area (Å²) in [6.07, 6.45) is -5.53. The fourth-order valence-electron chi connectivity index (χ4n) is 2.00. The second-order valence-corrected chi connectivity index (χ2v) is 4.87. The molecule has 0 aromatic carbocycles. The van der Waals surface area contributed by atoms with Gasteiger partial charge in [0.25, 0.3) is 0 Å². The second-order valence-electron chi connectivity index (χ2n) is 4.87. The van der Waals surface area contributed by atoms with Gasteiger partial charge in [-0.2, -0.15) is 13.2 Å². The molecule has 104 valence electrons. The van der Waals surface area contributed by atoms with Crippen molar-refractivity contribution in [1.82, 2.24) is 5.32 Å². The number of halogens is 3. The molecule has 1 amide bonds. The Morgan fingerprint density at radius 1 is 1.33 bits per heavy atom. The zero-order valence-corrected chi connectivity index (χ0v) is 9.93. The molecule has 1 heterocycles. The van der Waals surface area contributed by atoms with Crippen molar-refractivity contribution in [3.63, 3.8) is 0 Å². The zero-order chi connectivity index (χ0) is 14.2. The molecule has 8 heteroatoms. The minimum atomic E-state index is -5.11. The van der Waals surface area contributed by atoms with E-state index in [-0.39, 0.29) is 19.4 Å². The number of rotatable bonds is 2. The number of hydrogen-bond donors (Lipinski definition) is 2. The van der Waals surface area contributed by atoms with Crippen LogP contribution in [0, 0.1) is 0 Å². The first kappa shape index (κ1) is 14.7. The maximum atomic E-state index is 12.2. The average Bonchev–Trinajstić information content (AvgIpc) is 2.13. The van der Waals surface area contributed by atoms with E-state index in [9.17, 15) is 22.8 Å². The van der Waals surface area contributed by atoms with Crippen molar-refractivity contribution >= 4 is 11.9 Å². The summed E-state index contributed by atoms with van der Waals surface area (Å²) in [4.78, 5) is 22.1. The summed E-state index contributed by atoms with van der Waals surface area (Å²) in [6.45, 7) is 3.09. The van der Waals surface area contributed by atoms with E-state index in [0.29, 0.717) is 0 Å². The quantitative estimate of drug-likeness (QED) is 0.786. The van der Waals surface area contributed by atoms with E-state index in [2.05, 4.69) is 0 Å². The molecule has 1 saturated heterocycles. The smallest absolute Gasteiger partial charge is 0.471 e. The van der Waals surface area contributed by atoms with E-state index in [0.717, 1.165) is 0 Å². The Morgan fingerprint density at radius 3 is 2.28 bits per heavy atom. The summed E-state index contributed by atoms with van der Waals surface area (Å²) in [5.74, 6) is -3.74. The van der Waals surface area contributed by atoms with Gasteiger partial charge in [-0.1, -0.05) is 0 Å². The summed E-state index contributed by atoms with van der Waals surface area (Å²) in [7, 11) is 0. The fraction of sp³-hybridized carbons (Fsp3) is 0.800. The Balaban J connectivity index is 2.96. The van der Waals surface area contributed by atoms with Gasteiger partial charge in [0.05, 0.1) is 12.2 Å². The summed E-state index contributed by atoms with van der Waals surface area (Å²) in [6, 6.07) is 0. The van der Waals surface area contributed by atoms with Gasteiger partial charge in [-0.15, -0.1) is 0 Å². The van der Waals surface area contributed by atoms with Crippen molar-refractivity contribution in [2.75, 3.05) is 6.61 Å². The fourth-order valence-corrected chi connectivity index (χ4v) is 2.00. The molecule has 0 aliphatic carbocycles. The van der Waals surface area contributed by atoms with E-state index >= 15 is 0 Å². The van der Waals surface area contributed by atoms with Crippen molar-refractivity contribution in [2.45, 2.75) is 44.0 Å². The molecular formula is C10H14F3NO4. The van der Waals surface area contributed by atoms with Crippen molar-refractivity contribution in [3.05, 3.63) is 0 Å². The molecule has 0 spiro atoms. The van der Waals surface area contributed by atoms with Gasteiger partial charge in [-0.05, 0) is 13.8 Å². The van der Waals surface area contributed by atoms with Crippen molar-refractivity contribution in [2.24, 2.45) is 0 Å². The molecule has 1 aliphatic heterocycles. The van der Waals surface area contributed by atoms with Crippen molar-refractivity contribution < 1.29 is 32.6 Å². The van der Waals surface area contributed by atoms with Crippen LogP contribution < -0.4 is 5.32 Å². The molecule has 1 atom stereocenters. The maximum Gasteiger partial charge on any atom is 0.471 e. The Bertz CT molecular complexity index is 367. The monoisotopic (exact) mass is 269 g/mol. The van der Waals surface area contributed by atoms with Gasteiger partial charge in [0.1, 0.15) is 5.54 Å². The van der Waals surface area contributed by atoms with Gasteiger partial charge in [0.2, 0.25) is 0 Å². The Hall–Kier alpha value is -1.31. The molecule has 1 rings (SSSR count). The van der Waals surface area contributed by atoms with Crippen LogP contribution in [0.2, 0.25) is 0 Å². The minimum Gasteiger partial charge on any atom is -0.480 e. The first-order valence-electron chi connectivity index (χ1n) is 5.25. The van der Waals surface area contributed by atoms with Gasteiger partial charge in [0.15, 0.2) is 0 Å². The number of alkyl halides is 3. The molecule has 1 fully saturated rings. The highest BCUT2D eigenvalue weighted by atomic mass is 19.4. The van der Waals surface area contributed by atoms with Crippen LogP contribution in [0.1, 0.15) is 26.7 Å². The summed E-state index contributed by atoms with van der Waals surface area (Å²) in [5.41, 5.74) is -2.84. The third-order valence-corrected chi connectivity index (χ3v) is 2.77. The number of aliphatic carboxylic acids is 1. The third kappa shape index (κ3) is 3.12. The van der Waals surface area contributed by atoms with Crippen LogP contribution in [0.4, 0.5) is 13.2 Å². The molecule has 0 radical (unpaired) electrons. The van der Waals surface area contributed by atoms with Gasteiger partial charge >= 0.3 is 18.1 Å². The third-order valence-electron chi connectivity index (χ3n) is 2.77.